The highest BCUT2D eigenvalue weighted by Crippen LogP contribution is 2.35. The van der Waals surface area contributed by atoms with Crippen LogP contribution < -0.4 is 0 Å². The van der Waals surface area contributed by atoms with E-state index in [9.17, 15) is 0 Å². The average Bonchev–Trinajstić information content (AvgIpc) is 2.52. The van der Waals surface area contributed by atoms with Crippen LogP contribution in [0.25, 0.3) is 0 Å². The molecule has 4 N–H and O–H groups in total. The first-order chi connectivity index (χ1) is 10.1. The third-order valence-electron chi connectivity index (χ3n) is 5.59. The second-order valence-electron chi connectivity index (χ2n) is 7.73. The van der Waals surface area contributed by atoms with Gasteiger partial charge in [-0.2, -0.15) is 0 Å². The van der Waals surface area contributed by atoms with Crippen molar-refractivity contribution in [3.05, 3.63) is 35.9 Å². The van der Waals surface area contributed by atoms with Crippen LogP contribution in [0.1, 0.15) is 83.6 Å². The average molecular weight is 323 g/mol. The Morgan fingerprint density at radius 3 is 1.30 bits per heavy atom. The number of hydrogen-bond acceptors (Lipinski definition) is 0. The topological polar surface area (TPSA) is 63.0 Å². The maximum absolute atomic E-state index is 2.38. The van der Waals surface area contributed by atoms with Gasteiger partial charge in [0.2, 0.25) is 0 Å². The quantitative estimate of drug-likeness (QED) is 0.685. The van der Waals surface area contributed by atoms with E-state index in [0.29, 0.717) is 0 Å². The van der Waals surface area contributed by atoms with E-state index < -0.39 is 0 Å². The summed E-state index contributed by atoms with van der Waals surface area (Å²) in [4.78, 5) is 0. The molecule has 2 fully saturated rings. The zero-order valence-electron chi connectivity index (χ0n) is 15.4. The van der Waals surface area contributed by atoms with Crippen molar-refractivity contribution in [2.24, 2.45) is 17.8 Å². The van der Waals surface area contributed by atoms with E-state index in [1.165, 1.54) is 51.4 Å². The van der Waals surface area contributed by atoms with Crippen molar-refractivity contribution in [2.45, 2.75) is 78.1 Å². The molecule has 0 amide bonds. The highest BCUT2D eigenvalue weighted by atomic mass is 16.0. The van der Waals surface area contributed by atoms with Gasteiger partial charge in [0.1, 0.15) is 0 Å². The molecule has 1 aromatic rings. The first-order valence-corrected chi connectivity index (χ1v) is 9.20. The van der Waals surface area contributed by atoms with E-state index in [1.54, 1.807) is 5.56 Å². The predicted molar refractivity (Wildman–Crippen MR) is 101 cm³/mol. The van der Waals surface area contributed by atoms with Crippen molar-refractivity contribution in [3.63, 3.8) is 0 Å². The van der Waals surface area contributed by atoms with Crippen LogP contribution in [0, 0.1) is 17.8 Å². The van der Waals surface area contributed by atoms with Crippen molar-refractivity contribution in [3.8, 4) is 0 Å². The van der Waals surface area contributed by atoms with Gasteiger partial charge in [0.05, 0.1) is 0 Å². The number of rotatable bonds is 1. The lowest BCUT2D eigenvalue weighted by Crippen LogP contribution is -2.10. The molecule has 0 aromatic heterocycles. The number of hydrogen-bond donors (Lipinski definition) is 0. The Labute approximate surface area is 143 Å². The minimum atomic E-state index is 0. The SMILES string of the molecule is CC1CCC(C)CC1.CC1CCC(c2ccccc2)CC1.O.O. The molecule has 0 unspecified atom stereocenters. The third-order valence-corrected chi connectivity index (χ3v) is 5.59. The van der Waals surface area contributed by atoms with E-state index in [-0.39, 0.29) is 11.0 Å². The summed E-state index contributed by atoms with van der Waals surface area (Å²) in [6.07, 6.45) is 11.5. The molecule has 2 aliphatic rings. The van der Waals surface area contributed by atoms with Gasteiger partial charge in [-0.1, -0.05) is 89.6 Å². The zero-order chi connectivity index (χ0) is 15.1. The van der Waals surface area contributed by atoms with Gasteiger partial charge in [-0.15, -0.1) is 0 Å². The predicted octanol–water partition coefficient (Wildman–Crippen LogP) is 5.16. The van der Waals surface area contributed by atoms with Gasteiger partial charge in [0.15, 0.2) is 0 Å². The molecule has 0 atom stereocenters. The molecule has 2 saturated carbocycles. The van der Waals surface area contributed by atoms with E-state index >= 15 is 0 Å². The third kappa shape index (κ3) is 7.99. The van der Waals surface area contributed by atoms with Crippen molar-refractivity contribution >= 4 is 0 Å². The second kappa shape index (κ2) is 11.6. The lowest BCUT2D eigenvalue weighted by atomic mass is 9.79. The molecule has 23 heavy (non-hydrogen) atoms. The van der Waals surface area contributed by atoms with E-state index in [2.05, 4.69) is 51.1 Å². The summed E-state index contributed by atoms with van der Waals surface area (Å²) in [6, 6.07) is 11.0. The van der Waals surface area contributed by atoms with Gasteiger partial charge in [-0.3, -0.25) is 0 Å². The molecule has 0 saturated heterocycles. The monoisotopic (exact) mass is 322 g/mol. The summed E-state index contributed by atoms with van der Waals surface area (Å²) < 4.78 is 0. The normalized spacial score (nSPS) is 30.0. The van der Waals surface area contributed by atoms with Crippen LogP contribution in [-0.4, -0.2) is 11.0 Å². The summed E-state index contributed by atoms with van der Waals surface area (Å²) in [7, 11) is 0. The molecule has 134 valence electrons. The Balaban J connectivity index is 0.000000425. The Kier molecular flexibility index (Phi) is 11.2. The van der Waals surface area contributed by atoms with Gasteiger partial charge < -0.3 is 11.0 Å². The Morgan fingerprint density at radius 1 is 0.565 bits per heavy atom. The molecule has 3 rings (SSSR count). The van der Waals surface area contributed by atoms with Gasteiger partial charge in [-0.05, 0) is 42.1 Å². The first-order valence-electron chi connectivity index (χ1n) is 9.20. The van der Waals surface area contributed by atoms with Crippen LogP contribution in [-0.2, 0) is 0 Å². The Morgan fingerprint density at radius 2 is 0.913 bits per heavy atom. The molecule has 2 nitrogen and oxygen atoms in total. The Hall–Kier alpha value is -0.860. The van der Waals surface area contributed by atoms with Crippen molar-refractivity contribution in [2.75, 3.05) is 0 Å². The number of benzene rings is 1. The van der Waals surface area contributed by atoms with Crippen molar-refractivity contribution in [1.29, 1.82) is 0 Å². The molecule has 0 bridgehead atoms. The molecule has 0 radical (unpaired) electrons. The highest BCUT2D eigenvalue weighted by molar-refractivity contribution is 5.19. The molecular weight excluding hydrogens is 284 g/mol. The fraction of sp³-hybridized carbons (Fsp3) is 0.714. The molecular formula is C21H38O2. The molecule has 2 aliphatic carbocycles. The first kappa shape index (κ1) is 22.1. The summed E-state index contributed by atoms with van der Waals surface area (Å²) in [6.45, 7) is 7.11. The summed E-state index contributed by atoms with van der Waals surface area (Å²) in [5.74, 6) is 3.84. The van der Waals surface area contributed by atoms with Gasteiger partial charge >= 0.3 is 0 Å². The maximum atomic E-state index is 2.38. The summed E-state index contributed by atoms with van der Waals surface area (Å²) in [5.41, 5.74) is 1.55. The van der Waals surface area contributed by atoms with Crippen LogP contribution in [0.4, 0.5) is 0 Å². The van der Waals surface area contributed by atoms with Crippen LogP contribution in [0.5, 0.6) is 0 Å². The van der Waals surface area contributed by atoms with Crippen molar-refractivity contribution in [1.82, 2.24) is 0 Å². The highest BCUT2D eigenvalue weighted by Gasteiger charge is 2.18. The molecule has 0 aliphatic heterocycles. The lowest BCUT2D eigenvalue weighted by Gasteiger charge is -2.26. The van der Waals surface area contributed by atoms with E-state index in [0.717, 1.165) is 23.7 Å². The van der Waals surface area contributed by atoms with Gasteiger partial charge in [0.25, 0.3) is 0 Å². The molecule has 0 heterocycles. The van der Waals surface area contributed by atoms with Crippen LogP contribution in [0.3, 0.4) is 0 Å². The molecule has 1 aromatic carbocycles. The minimum absolute atomic E-state index is 0. The summed E-state index contributed by atoms with van der Waals surface area (Å²) in [5, 5.41) is 0. The Bertz CT molecular complexity index is 364. The molecule has 2 heteroatoms. The standard InChI is InChI=1S/C13H18.C8H16.2H2O/c1-11-7-9-13(10-8-11)12-5-3-2-4-6-12;1-7-3-5-8(2)6-4-7;;/h2-6,11,13H,7-10H2,1H3;7-8H,3-6H2,1-2H3;2*1H2. The fourth-order valence-corrected chi connectivity index (χ4v) is 3.75. The maximum Gasteiger partial charge on any atom is -0.0162 e. The van der Waals surface area contributed by atoms with Crippen LogP contribution in [0.15, 0.2) is 30.3 Å². The lowest BCUT2D eigenvalue weighted by molar-refractivity contribution is 0.308. The largest absolute Gasteiger partial charge is 0.412 e. The van der Waals surface area contributed by atoms with Gasteiger partial charge in [-0.25, -0.2) is 0 Å². The fourth-order valence-electron chi connectivity index (χ4n) is 3.75. The zero-order valence-corrected chi connectivity index (χ0v) is 15.4. The second-order valence-corrected chi connectivity index (χ2v) is 7.73. The molecule has 0 spiro atoms. The van der Waals surface area contributed by atoms with Gasteiger partial charge in [0, 0.05) is 0 Å². The van der Waals surface area contributed by atoms with E-state index in [4.69, 9.17) is 0 Å². The smallest absolute Gasteiger partial charge is 0.0162 e. The van der Waals surface area contributed by atoms with Crippen LogP contribution >= 0.6 is 0 Å². The van der Waals surface area contributed by atoms with Crippen LogP contribution in [0.2, 0.25) is 0 Å². The minimum Gasteiger partial charge on any atom is -0.412 e. The summed E-state index contributed by atoms with van der Waals surface area (Å²) >= 11 is 0. The van der Waals surface area contributed by atoms with Crippen molar-refractivity contribution < 1.29 is 11.0 Å². The van der Waals surface area contributed by atoms with E-state index in [1.807, 2.05) is 0 Å².